The van der Waals surface area contributed by atoms with Crippen molar-refractivity contribution in [3.63, 3.8) is 0 Å². The standard InChI is InChI=1S/C17H25N5O2/c1-17(2,3)16-18-15(19-20-16)13-11-22(7-8-24-13)10-12-5-6-21(4)14(23)9-12/h5-6,9,13H,7-8,10-11H2,1-4H3,(H,18,19,20)/t13-/m0/s1. The fraction of sp³-hybridized carbons (Fsp3) is 0.588. The first kappa shape index (κ1) is 16.9. The number of aromatic nitrogens is 4. The van der Waals surface area contributed by atoms with Crippen LogP contribution in [0.25, 0.3) is 0 Å². The predicted molar refractivity (Wildman–Crippen MR) is 90.7 cm³/mol. The predicted octanol–water partition coefficient (Wildman–Crippen LogP) is 1.37. The molecule has 1 fully saturated rings. The van der Waals surface area contributed by atoms with Crippen LogP contribution in [0.15, 0.2) is 23.1 Å². The maximum absolute atomic E-state index is 11.8. The molecule has 24 heavy (non-hydrogen) atoms. The number of pyridine rings is 1. The average Bonchev–Trinajstić information content (AvgIpc) is 3.01. The highest BCUT2D eigenvalue weighted by Crippen LogP contribution is 2.23. The van der Waals surface area contributed by atoms with Gasteiger partial charge in [-0.1, -0.05) is 20.8 Å². The molecule has 2 aromatic rings. The van der Waals surface area contributed by atoms with Crippen LogP contribution < -0.4 is 5.56 Å². The highest BCUT2D eigenvalue weighted by molar-refractivity contribution is 5.11. The smallest absolute Gasteiger partial charge is 0.250 e. The molecule has 3 rings (SSSR count). The summed E-state index contributed by atoms with van der Waals surface area (Å²) >= 11 is 0. The summed E-state index contributed by atoms with van der Waals surface area (Å²) in [5.41, 5.74) is 0.946. The van der Waals surface area contributed by atoms with Crippen LogP contribution in [0.1, 0.15) is 44.1 Å². The summed E-state index contributed by atoms with van der Waals surface area (Å²) in [4.78, 5) is 18.6. The van der Waals surface area contributed by atoms with Gasteiger partial charge in [0.2, 0.25) is 0 Å². The maximum atomic E-state index is 11.8. The molecule has 130 valence electrons. The molecule has 1 N–H and O–H groups in total. The Morgan fingerprint density at radius 1 is 1.42 bits per heavy atom. The average molecular weight is 331 g/mol. The molecule has 7 nitrogen and oxygen atoms in total. The van der Waals surface area contributed by atoms with Gasteiger partial charge in [-0.05, 0) is 11.6 Å². The highest BCUT2D eigenvalue weighted by Gasteiger charge is 2.27. The summed E-state index contributed by atoms with van der Waals surface area (Å²) < 4.78 is 7.44. The number of nitrogens with zero attached hydrogens (tertiary/aromatic N) is 4. The summed E-state index contributed by atoms with van der Waals surface area (Å²) in [5, 5.41) is 7.33. The van der Waals surface area contributed by atoms with Gasteiger partial charge in [0.15, 0.2) is 11.6 Å². The molecule has 7 heteroatoms. The van der Waals surface area contributed by atoms with Gasteiger partial charge in [-0.2, -0.15) is 5.10 Å². The largest absolute Gasteiger partial charge is 0.368 e. The minimum Gasteiger partial charge on any atom is -0.368 e. The lowest BCUT2D eigenvalue weighted by Crippen LogP contribution is -2.38. The SMILES string of the molecule is Cn1ccc(CN2CCO[C@H](c3nc(C(C)(C)C)n[nH]3)C2)cc1=O. The first-order chi connectivity index (χ1) is 11.3. The van der Waals surface area contributed by atoms with Crippen LogP contribution in [0.5, 0.6) is 0 Å². The molecule has 0 aromatic carbocycles. The number of ether oxygens (including phenoxy) is 1. The lowest BCUT2D eigenvalue weighted by Gasteiger charge is -2.31. The Kier molecular flexibility index (Phi) is 4.56. The van der Waals surface area contributed by atoms with Crippen molar-refractivity contribution < 1.29 is 4.74 Å². The monoisotopic (exact) mass is 331 g/mol. The second-order valence-electron chi connectivity index (χ2n) is 7.37. The van der Waals surface area contributed by atoms with E-state index in [1.807, 2.05) is 12.3 Å². The van der Waals surface area contributed by atoms with Crippen molar-refractivity contribution in [3.05, 3.63) is 45.9 Å². The quantitative estimate of drug-likeness (QED) is 0.919. The van der Waals surface area contributed by atoms with E-state index in [0.717, 1.165) is 36.8 Å². The minimum atomic E-state index is -0.117. The van der Waals surface area contributed by atoms with E-state index >= 15 is 0 Å². The number of hydrogen-bond acceptors (Lipinski definition) is 5. The molecular formula is C17H25N5O2. The van der Waals surface area contributed by atoms with Crippen molar-refractivity contribution in [2.45, 2.75) is 38.8 Å². The van der Waals surface area contributed by atoms with Gasteiger partial charge in [0.25, 0.3) is 5.56 Å². The third-order valence-electron chi connectivity index (χ3n) is 4.20. The third-order valence-corrected chi connectivity index (χ3v) is 4.20. The summed E-state index contributed by atoms with van der Waals surface area (Å²) in [6.45, 7) is 9.20. The zero-order valence-corrected chi connectivity index (χ0v) is 14.7. The molecule has 0 spiro atoms. The van der Waals surface area contributed by atoms with E-state index in [4.69, 9.17) is 4.74 Å². The number of morpholine rings is 1. The van der Waals surface area contributed by atoms with Gasteiger partial charge in [0.05, 0.1) is 6.61 Å². The second-order valence-corrected chi connectivity index (χ2v) is 7.37. The number of rotatable bonds is 3. The van der Waals surface area contributed by atoms with Crippen LogP contribution in [0.4, 0.5) is 0 Å². The van der Waals surface area contributed by atoms with Crippen molar-refractivity contribution in [2.24, 2.45) is 7.05 Å². The van der Waals surface area contributed by atoms with E-state index in [0.29, 0.717) is 6.61 Å². The number of aryl methyl sites for hydroxylation is 1. The molecule has 0 saturated carbocycles. The molecular weight excluding hydrogens is 306 g/mol. The number of hydrogen-bond donors (Lipinski definition) is 1. The van der Waals surface area contributed by atoms with Crippen molar-refractivity contribution >= 4 is 0 Å². The van der Waals surface area contributed by atoms with Gasteiger partial charge in [0, 0.05) is 44.4 Å². The van der Waals surface area contributed by atoms with E-state index < -0.39 is 0 Å². The molecule has 1 aliphatic heterocycles. The molecule has 1 saturated heterocycles. The molecule has 0 amide bonds. The molecule has 0 unspecified atom stereocenters. The summed E-state index contributed by atoms with van der Waals surface area (Å²) in [6.07, 6.45) is 1.69. The molecule has 3 heterocycles. The van der Waals surface area contributed by atoms with Crippen molar-refractivity contribution in [1.82, 2.24) is 24.6 Å². The Morgan fingerprint density at radius 2 is 2.21 bits per heavy atom. The number of H-pyrrole nitrogens is 1. The Morgan fingerprint density at radius 3 is 2.88 bits per heavy atom. The van der Waals surface area contributed by atoms with E-state index in [2.05, 4.69) is 40.9 Å². The number of nitrogens with one attached hydrogen (secondary N) is 1. The Bertz CT molecular complexity index is 759. The van der Waals surface area contributed by atoms with E-state index in [1.54, 1.807) is 17.7 Å². The van der Waals surface area contributed by atoms with E-state index in [-0.39, 0.29) is 17.1 Å². The van der Waals surface area contributed by atoms with Crippen molar-refractivity contribution in [2.75, 3.05) is 19.7 Å². The Balaban J connectivity index is 1.69. The van der Waals surface area contributed by atoms with E-state index in [9.17, 15) is 4.79 Å². The van der Waals surface area contributed by atoms with Crippen LogP contribution >= 0.6 is 0 Å². The molecule has 1 atom stereocenters. The van der Waals surface area contributed by atoms with Crippen molar-refractivity contribution in [1.29, 1.82) is 0 Å². The number of aromatic amines is 1. The maximum Gasteiger partial charge on any atom is 0.250 e. The normalized spacial score (nSPS) is 19.6. The zero-order valence-electron chi connectivity index (χ0n) is 14.7. The Hall–Kier alpha value is -1.99. The van der Waals surface area contributed by atoms with Gasteiger partial charge >= 0.3 is 0 Å². The van der Waals surface area contributed by atoms with Crippen molar-refractivity contribution in [3.8, 4) is 0 Å². The van der Waals surface area contributed by atoms with Crippen LogP contribution in [-0.2, 0) is 23.7 Å². The highest BCUT2D eigenvalue weighted by atomic mass is 16.5. The van der Waals surface area contributed by atoms with E-state index in [1.165, 1.54) is 0 Å². The third kappa shape index (κ3) is 3.73. The topological polar surface area (TPSA) is 76.0 Å². The van der Waals surface area contributed by atoms with Crippen LogP contribution in [-0.4, -0.2) is 44.3 Å². The van der Waals surface area contributed by atoms with Gasteiger partial charge in [-0.3, -0.25) is 14.8 Å². The van der Waals surface area contributed by atoms with Gasteiger partial charge in [-0.25, -0.2) is 4.98 Å². The van der Waals surface area contributed by atoms with Crippen LogP contribution in [0.2, 0.25) is 0 Å². The summed E-state index contributed by atoms with van der Waals surface area (Å²) in [6, 6.07) is 3.68. The molecule has 0 radical (unpaired) electrons. The molecule has 2 aromatic heterocycles. The Labute approximate surface area is 141 Å². The fourth-order valence-electron chi connectivity index (χ4n) is 2.71. The molecule has 0 bridgehead atoms. The van der Waals surface area contributed by atoms with Gasteiger partial charge in [-0.15, -0.1) is 0 Å². The van der Waals surface area contributed by atoms with Gasteiger partial charge in [0.1, 0.15) is 6.10 Å². The van der Waals surface area contributed by atoms with Crippen LogP contribution in [0.3, 0.4) is 0 Å². The van der Waals surface area contributed by atoms with Gasteiger partial charge < -0.3 is 9.30 Å². The fourth-order valence-corrected chi connectivity index (χ4v) is 2.71. The first-order valence-electron chi connectivity index (χ1n) is 8.25. The summed E-state index contributed by atoms with van der Waals surface area (Å²) in [7, 11) is 1.76. The lowest BCUT2D eigenvalue weighted by atomic mass is 9.96. The molecule has 0 aliphatic carbocycles. The zero-order chi connectivity index (χ0) is 17.3. The summed E-state index contributed by atoms with van der Waals surface area (Å²) in [5.74, 6) is 1.57. The molecule has 1 aliphatic rings. The second kappa shape index (κ2) is 6.49. The van der Waals surface area contributed by atoms with Crippen LogP contribution in [0, 0.1) is 0 Å². The first-order valence-corrected chi connectivity index (χ1v) is 8.25. The minimum absolute atomic E-state index is 0.0161. The lowest BCUT2D eigenvalue weighted by molar-refractivity contribution is -0.0371.